The normalized spacial score (nSPS) is 10.2. The third-order valence-electron chi connectivity index (χ3n) is 3.25. The molecule has 104 valence electrons. The molecule has 20 heavy (non-hydrogen) atoms. The Kier molecular flexibility index (Phi) is 3.66. The average Bonchev–Trinajstić information content (AvgIpc) is 2.44. The van der Waals surface area contributed by atoms with E-state index in [2.05, 4.69) is 11.1 Å². The summed E-state index contributed by atoms with van der Waals surface area (Å²) in [7, 11) is 7.07. The molecule has 0 fully saturated rings. The first-order valence-electron chi connectivity index (χ1n) is 6.17. The van der Waals surface area contributed by atoms with Gasteiger partial charge in [0.2, 0.25) is 0 Å². The molecule has 1 aromatic heterocycles. The summed E-state index contributed by atoms with van der Waals surface area (Å²) in [4.78, 5) is 6.38. The highest BCUT2D eigenvalue weighted by molar-refractivity contribution is 5.96. The fraction of sp³-hybridized carbons (Fsp3) is 0.333. The van der Waals surface area contributed by atoms with Gasteiger partial charge in [-0.05, 0) is 13.0 Å². The number of fused-ring (bicyclic) bond motifs is 1. The van der Waals surface area contributed by atoms with Crippen molar-refractivity contribution in [1.82, 2.24) is 4.98 Å². The zero-order chi connectivity index (χ0) is 14.9. The van der Waals surface area contributed by atoms with Crippen LogP contribution >= 0.6 is 0 Å². The van der Waals surface area contributed by atoms with Gasteiger partial charge in [-0.3, -0.25) is 0 Å². The zero-order valence-electron chi connectivity index (χ0n) is 12.3. The lowest BCUT2D eigenvalue weighted by Crippen LogP contribution is -2.12. The standard InChI is InChI=1S/C15H17N3O2/c1-9-12(8-16)17-11-7-14(20-5)13(19-4)6-10(11)15(9)18(2)3/h6-7H,1-5H3. The van der Waals surface area contributed by atoms with Crippen LogP contribution in [0.4, 0.5) is 5.69 Å². The van der Waals surface area contributed by atoms with Crippen molar-refractivity contribution >= 4 is 16.6 Å². The molecule has 5 nitrogen and oxygen atoms in total. The highest BCUT2D eigenvalue weighted by Gasteiger charge is 2.16. The summed E-state index contributed by atoms with van der Waals surface area (Å²) in [5, 5.41) is 10.2. The van der Waals surface area contributed by atoms with Crippen LogP contribution in [0.5, 0.6) is 11.5 Å². The molecule has 0 atom stereocenters. The van der Waals surface area contributed by atoms with Crippen LogP contribution in [0.2, 0.25) is 0 Å². The third-order valence-corrected chi connectivity index (χ3v) is 3.25. The number of hydrogen-bond acceptors (Lipinski definition) is 5. The maximum Gasteiger partial charge on any atom is 0.162 e. The van der Waals surface area contributed by atoms with Crippen LogP contribution in [0.15, 0.2) is 12.1 Å². The van der Waals surface area contributed by atoms with Gasteiger partial charge in [0.15, 0.2) is 11.5 Å². The number of anilines is 1. The van der Waals surface area contributed by atoms with E-state index in [0.717, 1.165) is 16.6 Å². The summed E-state index contributed by atoms with van der Waals surface area (Å²) in [6, 6.07) is 5.83. The van der Waals surface area contributed by atoms with Gasteiger partial charge < -0.3 is 14.4 Å². The van der Waals surface area contributed by atoms with E-state index in [1.165, 1.54) is 0 Å². The first-order chi connectivity index (χ1) is 9.53. The van der Waals surface area contributed by atoms with Gasteiger partial charge in [-0.2, -0.15) is 5.26 Å². The van der Waals surface area contributed by atoms with E-state index < -0.39 is 0 Å². The van der Waals surface area contributed by atoms with E-state index in [1.54, 1.807) is 20.3 Å². The first-order valence-corrected chi connectivity index (χ1v) is 6.17. The van der Waals surface area contributed by atoms with Gasteiger partial charge in [0.1, 0.15) is 11.8 Å². The molecule has 0 saturated heterocycles. The Morgan fingerprint density at radius 1 is 1.15 bits per heavy atom. The molecule has 0 aliphatic carbocycles. The number of benzene rings is 1. The summed E-state index contributed by atoms with van der Waals surface area (Å²) in [6.45, 7) is 1.90. The van der Waals surface area contributed by atoms with Crippen molar-refractivity contribution in [2.45, 2.75) is 6.92 Å². The van der Waals surface area contributed by atoms with Crippen molar-refractivity contribution in [2.24, 2.45) is 0 Å². The fourth-order valence-corrected chi connectivity index (χ4v) is 2.35. The number of aromatic nitrogens is 1. The van der Waals surface area contributed by atoms with Gasteiger partial charge in [-0.1, -0.05) is 0 Å². The Hall–Kier alpha value is -2.48. The summed E-state index contributed by atoms with van der Waals surface area (Å²) in [5.41, 5.74) is 2.96. The predicted octanol–water partition coefficient (Wildman–Crippen LogP) is 2.50. The lowest BCUT2D eigenvalue weighted by atomic mass is 10.1. The van der Waals surface area contributed by atoms with Crippen LogP contribution in [-0.4, -0.2) is 33.3 Å². The largest absolute Gasteiger partial charge is 0.493 e. The smallest absolute Gasteiger partial charge is 0.162 e. The molecule has 2 aromatic rings. The highest BCUT2D eigenvalue weighted by atomic mass is 16.5. The van der Waals surface area contributed by atoms with E-state index in [4.69, 9.17) is 9.47 Å². The lowest BCUT2D eigenvalue weighted by Gasteiger charge is -2.20. The molecular formula is C15H17N3O2. The number of pyridine rings is 1. The Morgan fingerprint density at radius 3 is 2.25 bits per heavy atom. The minimum absolute atomic E-state index is 0.424. The summed E-state index contributed by atoms with van der Waals surface area (Å²) < 4.78 is 10.6. The second-order valence-electron chi connectivity index (χ2n) is 4.66. The molecule has 0 unspecified atom stereocenters. The molecule has 0 N–H and O–H groups in total. The molecule has 0 saturated carbocycles. The first kappa shape index (κ1) is 13.9. The van der Waals surface area contributed by atoms with Crippen molar-refractivity contribution in [2.75, 3.05) is 33.2 Å². The van der Waals surface area contributed by atoms with Gasteiger partial charge >= 0.3 is 0 Å². The number of nitrogens with zero attached hydrogens (tertiary/aromatic N) is 3. The quantitative estimate of drug-likeness (QED) is 0.858. The Bertz CT molecular complexity index is 703. The minimum atomic E-state index is 0.424. The van der Waals surface area contributed by atoms with Gasteiger partial charge in [-0.15, -0.1) is 0 Å². The Morgan fingerprint density at radius 2 is 1.75 bits per heavy atom. The molecule has 0 aliphatic rings. The van der Waals surface area contributed by atoms with Crippen molar-refractivity contribution in [1.29, 1.82) is 5.26 Å². The number of hydrogen-bond donors (Lipinski definition) is 0. The lowest BCUT2D eigenvalue weighted by molar-refractivity contribution is 0.356. The Labute approximate surface area is 118 Å². The van der Waals surface area contributed by atoms with Crippen LogP contribution in [-0.2, 0) is 0 Å². The van der Waals surface area contributed by atoms with E-state index in [9.17, 15) is 5.26 Å². The van der Waals surface area contributed by atoms with E-state index >= 15 is 0 Å². The fourth-order valence-electron chi connectivity index (χ4n) is 2.35. The van der Waals surface area contributed by atoms with Crippen molar-refractivity contribution in [3.05, 3.63) is 23.4 Å². The van der Waals surface area contributed by atoms with E-state index in [0.29, 0.717) is 22.7 Å². The van der Waals surface area contributed by atoms with Crippen LogP contribution in [0.3, 0.4) is 0 Å². The maximum absolute atomic E-state index is 9.22. The number of methoxy groups -OCH3 is 2. The topological polar surface area (TPSA) is 58.4 Å². The van der Waals surface area contributed by atoms with Gasteiger partial charge in [-0.25, -0.2) is 4.98 Å². The average molecular weight is 271 g/mol. The summed E-state index contributed by atoms with van der Waals surface area (Å²) >= 11 is 0. The van der Waals surface area contributed by atoms with Gasteiger partial charge in [0.25, 0.3) is 0 Å². The maximum atomic E-state index is 9.22. The van der Waals surface area contributed by atoms with Crippen LogP contribution in [0, 0.1) is 18.3 Å². The number of ether oxygens (including phenoxy) is 2. The second kappa shape index (κ2) is 5.25. The molecule has 2 rings (SSSR count). The van der Waals surface area contributed by atoms with E-state index in [-0.39, 0.29) is 0 Å². The molecular weight excluding hydrogens is 254 g/mol. The third kappa shape index (κ3) is 2.10. The van der Waals surface area contributed by atoms with Crippen LogP contribution < -0.4 is 14.4 Å². The van der Waals surface area contributed by atoms with Gasteiger partial charge in [0.05, 0.1) is 25.4 Å². The number of nitriles is 1. The van der Waals surface area contributed by atoms with Crippen molar-refractivity contribution in [3.8, 4) is 17.6 Å². The summed E-state index contributed by atoms with van der Waals surface area (Å²) in [5.74, 6) is 1.25. The molecule has 1 heterocycles. The van der Waals surface area contributed by atoms with Crippen LogP contribution in [0.25, 0.3) is 10.9 Å². The zero-order valence-corrected chi connectivity index (χ0v) is 12.3. The SMILES string of the molecule is COc1cc2nc(C#N)c(C)c(N(C)C)c2cc1OC. The Balaban J connectivity index is 2.92. The molecule has 1 aromatic carbocycles. The molecule has 5 heteroatoms. The molecule has 0 bridgehead atoms. The van der Waals surface area contributed by atoms with Gasteiger partial charge in [0, 0.05) is 31.1 Å². The van der Waals surface area contributed by atoms with E-state index in [1.807, 2.05) is 32.0 Å². The monoisotopic (exact) mass is 271 g/mol. The minimum Gasteiger partial charge on any atom is -0.493 e. The molecule has 0 spiro atoms. The summed E-state index contributed by atoms with van der Waals surface area (Å²) in [6.07, 6.45) is 0. The number of rotatable bonds is 3. The highest BCUT2D eigenvalue weighted by Crippen LogP contribution is 2.37. The predicted molar refractivity (Wildman–Crippen MR) is 78.6 cm³/mol. The molecule has 0 amide bonds. The molecule has 0 radical (unpaired) electrons. The van der Waals surface area contributed by atoms with Crippen molar-refractivity contribution in [3.63, 3.8) is 0 Å². The van der Waals surface area contributed by atoms with Crippen LogP contribution in [0.1, 0.15) is 11.3 Å². The van der Waals surface area contributed by atoms with Crippen molar-refractivity contribution < 1.29 is 9.47 Å². The second-order valence-corrected chi connectivity index (χ2v) is 4.66. The molecule has 0 aliphatic heterocycles.